The van der Waals surface area contributed by atoms with E-state index in [-0.39, 0.29) is 11.7 Å². The van der Waals surface area contributed by atoms with Crippen LogP contribution >= 0.6 is 22.6 Å². The highest BCUT2D eigenvalue weighted by Crippen LogP contribution is 2.15. The summed E-state index contributed by atoms with van der Waals surface area (Å²) in [6.45, 7) is 13.6. The number of ether oxygens (including phenoxy) is 3. The van der Waals surface area contributed by atoms with Crippen LogP contribution in [0.1, 0.15) is 90.7 Å². The molecule has 0 saturated carbocycles. The summed E-state index contributed by atoms with van der Waals surface area (Å²) in [5.74, 6) is 0.160. The molecule has 4 heterocycles. The summed E-state index contributed by atoms with van der Waals surface area (Å²) in [4.78, 5) is 59.8. The maximum Gasteiger partial charge on any atom is 0.417 e. The number of likely N-dealkylation sites (tertiary alicyclic amines) is 1. The van der Waals surface area contributed by atoms with Gasteiger partial charge in [-0.05, 0) is 89.8 Å². The first-order valence-electron chi connectivity index (χ1n) is 13.9. The number of hydrogen-bond acceptors (Lipinski definition) is 9. The normalized spacial score (nSPS) is 14.4. The van der Waals surface area contributed by atoms with Crippen molar-refractivity contribution >= 4 is 46.5 Å². The summed E-state index contributed by atoms with van der Waals surface area (Å²) < 4.78 is 16.0. The zero-order chi connectivity index (χ0) is 31.6. The number of aromatic amines is 2. The number of alkyl carbamates (subject to hydrolysis) is 1. The summed E-state index contributed by atoms with van der Waals surface area (Å²) >= 11 is 2.11. The van der Waals surface area contributed by atoms with Crippen LogP contribution in [-0.4, -0.2) is 86.2 Å². The molecule has 3 N–H and O–H groups in total. The van der Waals surface area contributed by atoms with Gasteiger partial charge >= 0.3 is 12.2 Å². The van der Waals surface area contributed by atoms with Crippen LogP contribution in [0.25, 0.3) is 0 Å². The molecule has 0 atom stereocenters. The van der Waals surface area contributed by atoms with Crippen LogP contribution in [0.3, 0.4) is 0 Å². The van der Waals surface area contributed by atoms with Gasteiger partial charge in [0, 0.05) is 63.9 Å². The Balaban J connectivity index is 0.000000315. The number of amides is 3. The van der Waals surface area contributed by atoms with Crippen LogP contribution in [0.15, 0.2) is 24.8 Å². The highest BCUT2D eigenvalue weighted by atomic mass is 127. The van der Waals surface area contributed by atoms with Gasteiger partial charge in [0.15, 0.2) is 15.4 Å². The third kappa shape index (κ3) is 18.4. The number of halogens is 1. The third-order valence-electron chi connectivity index (χ3n) is 4.99. The molecule has 0 spiro atoms. The fourth-order valence-electron chi connectivity index (χ4n) is 3.20. The SMILES string of the molecule is C1CCOC1.CC(C)(C)OC(=O)N1CCCC1=O.CC(C)(C)OC(=O)NCCCC(=O)c1ncc[nH]1.Ic1ncc[nH]1. The lowest BCUT2D eigenvalue weighted by Crippen LogP contribution is -2.37. The molecule has 2 aromatic heterocycles. The van der Waals surface area contributed by atoms with E-state index in [0.29, 0.717) is 38.2 Å². The highest BCUT2D eigenvalue weighted by molar-refractivity contribution is 14.1. The van der Waals surface area contributed by atoms with E-state index < -0.39 is 23.4 Å². The summed E-state index contributed by atoms with van der Waals surface area (Å²) in [5.41, 5.74) is -1.03. The number of H-pyrrole nitrogens is 2. The number of carbonyl (C=O) groups is 4. The lowest BCUT2D eigenvalue weighted by Gasteiger charge is -2.23. The standard InChI is InChI=1S/C12H19N3O3.C9H15NO3.C4H8O.C3H3IN2/c1-12(2,3)18-11(17)15-6-4-5-9(16)10-13-7-8-14-10;1-9(2,3)13-8(12)10-6-4-5-7(10)11;1-2-4-5-3-1;4-3-5-1-2-6-3/h7-8H,4-6H2,1-3H3,(H,13,14)(H,15,17);4-6H2,1-3H3;1-4H2;1-2H,(H,5,6). The molecule has 236 valence electrons. The summed E-state index contributed by atoms with van der Waals surface area (Å²) in [7, 11) is 0. The zero-order valence-corrected chi connectivity index (χ0v) is 27.6. The van der Waals surface area contributed by atoms with Gasteiger partial charge in [-0.25, -0.2) is 24.5 Å². The number of nitrogens with one attached hydrogen (secondary N) is 3. The molecule has 42 heavy (non-hydrogen) atoms. The summed E-state index contributed by atoms with van der Waals surface area (Å²) in [5, 5.41) is 2.60. The van der Waals surface area contributed by atoms with Crippen molar-refractivity contribution in [2.45, 2.75) is 91.3 Å². The molecule has 13 nitrogen and oxygen atoms in total. The van der Waals surface area contributed by atoms with Crippen molar-refractivity contribution in [2.75, 3.05) is 26.3 Å². The number of nitrogens with zero attached hydrogens (tertiary/aromatic N) is 3. The van der Waals surface area contributed by atoms with Crippen molar-refractivity contribution in [3.8, 4) is 0 Å². The van der Waals surface area contributed by atoms with Crippen LogP contribution in [0.5, 0.6) is 0 Å². The van der Waals surface area contributed by atoms with Gasteiger partial charge in [0.1, 0.15) is 11.2 Å². The van der Waals surface area contributed by atoms with E-state index in [1.807, 2.05) is 0 Å². The number of Topliss-reactive ketones (excluding diaryl/α,β-unsaturated/α-hetero) is 1. The zero-order valence-electron chi connectivity index (χ0n) is 25.5. The molecule has 0 aliphatic carbocycles. The lowest BCUT2D eigenvalue weighted by molar-refractivity contribution is -0.126. The number of carbonyl (C=O) groups excluding carboxylic acids is 4. The minimum absolute atomic E-state index is 0.0639. The molecule has 0 unspecified atom stereocenters. The number of imidazole rings is 2. The van der Waals surface area contributed by atoms with Crippen molar-refractivity contribution in [1.82, 2.24) is 30.2 Å². The first-order valence-corrected chi connectivity index (χ1v) is 15.0. The Labute approximate surface area is 261 Å². The maximum atomic E-state index is 11.5. The van der Waals surface area contributed by atoms with Gasteiger partial charge in [-0.15, -0.1) is 0 Å². The highest BCUT2D eigenvalue weighted by Gasteiger charge is 2.30. The predicted octanol–water partition coefficient (Wildman–Crippen LogP) is 5.25. The van der Waals surface area contributed by atoms with Crippen molar-refractivity contribution in [3.63, 3.8) is 0 Å². The first-order chi connectivity index (χ1) is 19.7. The smallest absolute Gasteiger partial charge is 0.417 e. The second kappa shape index (κ2) is 19.2. The van der Waals surface area contributed by atoms with Crippen molar-refractivity contribution in [1.29, 1.82) is 0 Å². The van der Waals surface area contributed by atoms with Gasteiger partial charge in [0.2, 0.25) is 5.91 Å². The van der Waals surface area contributed by atoms with E-state index in [0.717, 1.165) is 23.5 Å². The Morgan fingerprint density at radius 1 is 0.976 bits per heavy atom. The van der Waals surface area contributed by atoms with Gasteiger partial charge in [-0.3, -0.25) is 9.59 Å². The van der Waals surface area contributed by atoms with E-state index in [4.69, 9.17) is 14.2 Å². The number of imide groups is 1. The fraction of sp³-hybridized carbons (Fsp3) is 0.643. The average molecular weight is 705 g/mol. The molecule has 2 saturated heterocycles. The molecule has 2 aliphatic rings. The molecule has 14 heteroatoms. The molecule has 4 rings (SSSR count). The van der Waals surface area contributed by atoms with Crippen LogP contribution in [-0.2, 0) is 19.0 Å². The third-order valence-corrected chi connectivity index (χ3v) is 5.58. The van der Waals surface area contributed by atoms with Gasteiger partial charge in [-0.2, -0.15) is 0 Å². The first kappa shape index (κ1) is 37.0. The Kier molecular flexibility index (Phi) is 16.9. The molecule has 2 aromatic rings. The molecule has 0 aromatic carbocycles. The molecule has 3 amide bonds. The van der Waals surface area contributed by atoms with Crippen LogP contribution in [0, 0.1) is 3.83 Å². The van der Waals surface area contributed by atoms with Crippen molar-refractivity contribution in [3.05, 3.63) is 34.4 Å². The Morgan fingerprint density at radius 3 is 2.00 bits per heavy atom. The maximum absolute atomic E-state index is 11.5. The topological polar surface area (TPSA) is 169 Å². The molecule has 2 aliphatic heterocycles. The predicted molar refractivity (Wildman–Crippen MR) is 165 cm³/mol. The average Bonchev–Trinajstić information content (AvgIpc) is 3.69. The second-order valence-corrected chi connectivity index (χ2v) is 12.2. The minimum Gasteiger partial charge on any atom is -0.444 e. The van der Waals surface area contributed by atoms with Crippen molar-refractivity contribution in [2.24, 2.45) is 0 Å². The largest absolute Gasteiger partial charge is 0.444 e. The van der Waals surface area contributed by atoms with Gasteiger partial charge in [0.05, 0.1) is 0 Å². The van der Waals surface area contributed by atoms with Gasteiger partial charge in [-0.1, -0.05) is 0 Å². The van der Waals surface area contributed by atoms with E-state index in [2.05, 4.69) is 47.8 Å². The lowest BCUT2D eigenvalue weighted by atomic mass is 10.2. The Bertz CT molecular complexity index is 1050. The number of aromatic nitrogens is 4. The van der Waals surface area contributed by atoms with Crippen LogP contribution in [0.4, 0.5) is 9.59 Å². The van der Waals surface area contributed by atoms with E-state index in [1.165, 1.54) is 23.9 Å². The molecule has 2 fully saturated rings. The number of ketones is 1. The quantitative estimate of drug-likeness (QED) is 0.214. The van der Waals surface area contributed by atoms with Gasteiger partial charge < -0.3 is 29.5 Å². The van der Waals surface area contributed by atoms with E-state index in [1.54, 1.807) is 60.1 Å². The number of rotatable bonds is 5. The summed E-state index contributed by atoms with van der Waals surface area (Å²) in [6, 6.07) is 0. The monoisotopic (exact) mass is 704 g/mol. The molecular weight excluding hydrogens is 659 g/mol. The van der Waals surface area contributed by atoms with Crippen LogP contribution in [0.2, 0.25) is 0 Å². The van der Waals surface area contributed by atoms with Crippen LogP contribution < -0.4 is 5.32 Å². The van der Waals surface area contributed by atoms with Gasteiger partial charge in [0.25, 0.3) is 0 Å². The molecule has 0 bridgehead atoms. The van der Waals surface area contributed by atoms with E-state index >= 15 is 0 Å². The summed E-state index contributed by atoms with van der Waals surface area (Å²) in [6.07, 6.45) is 10.3. The number of hydrogen-bond donors (Lipinski definition) is 3. The second-order valence-electron chi connectivity index (χ2n) is 11.2. The molecular formula is C28H45IN6O7. The Morgan fingerprint density at radius 2 is 1.60 bits per heavy atom. The fourth-order valence-corrected chi connectivity index (χ4v) is 3.54. The molecule has 0 radical (unpaired) electrons. The van der Waals surface area contributed by atoms with Crippen molar-refractivity contribution < 1.29 is 33.4 Å². The minimum atomic E-state index is -0.528. The Hall–Kier alpha value is -3.01. The van der Waals surface area contributed by atoms with E-state index in [9.17, 15) is 19.2 Å².